The van der Waals surface area contributed by atoms with Gasteiger partial charge in [0.2, 0.25) is 15.9 Å². The smallest absolute Gasteiger partial charge is 0.338 e. The highest BCUT2D eigenvalue weighted by atomic mass is 35.5. The molecular weight excluding hydrogens is 348 g/mol. The molecule has 0 spiro atoms. The summed E-state index contributed by atoms with van der Waals surface area (Å²) in [4.78, 5) is 35.6. The van der Waals surface area contributed by atoms with Crippen LogP contribution in [0.4, 0.5) is 0 Å². The first-order valence-corrected chi connectivity index (χ1v) is 8.45. The lowest BCUT2D eigenvalue weighted by atomic mass is 10.2. The molecule has 8 nitrogen and oxygen atoms in total. The van der Waals surface area contributed by atoms with E-state index >= 15 is 0 Å². The molecule has 1 aromatic rings. The van der Waals surface area contributed by atoms with E-state index < -0.39 is 33.4 Å². The number of benzene rings is 1. The van der Waals surface area contributed by atoms with Crippen molar-refractivity contribution in [3.8, 4) is 0 Å². The van der Waals surface area contributed by atoms with Crippen LogP contribution in [0.1, 0.15) is 23.2 Å². The highest BCUT2D eigenvalue weighted by Gasteiger charge is 2.27. The Kier molecular flexibility index (Phi) is 5.03. The van der Waals surface area contributed by atoms with E-state index in [1.807, 2.05) is 0 Å². The van der Waals surface area contributed by atoms with E-state index in [2.05, 4.69) is 0 Å². The Morgan fingerprint density at radius 2 is 2.04 bits per heavy atom. The van der Waals surface area contributed by atoms with Crippen LogP contribution in [0.5, 0.6) is 0 Å². The van der Waals surface area contributed by atoms with E-state index in [0.29, 0.717) is 13.0 Å². The molecule has 2 rings (SSSR count). The van der Waals surface area contributed by atoms with Crippen molar-refractivity contribution in [2.45, 2.75) is 17.7 Å². The standard InChI is InChI=1S/C13H13ClN2O6S/c14-9-4-3-8(6-10(9)23(15,20)21)13(19)22-7-12(18)16-5-1-2-11(16)17/h3-4,6H,1-2,5,7H2,(H2,15,20,21). The molecule has 0 atom stereocenters. The van der Waals surface area contributed by atoms with Crippen LogP contribution in [0.3, 0.4) is 0 Å². The van der Waals surface area contributed by atoms with Crippen molar-refractivity contribution in [1.82, 2.24) is 4.90 Å². The summed E-state index contributed by atoms with van der Waals surface area (Å²) in [7, 11) is -4.10. The van der Waals surface area contributed by atoms with Crippen LogP contribution in [0.25, 0.3) is 0 Å². The molecule has 23 heavy (non-hydrogen) atoms. The number of nitrogens with zero attached hydrogens (tertiary/aromatic N) is 1. The maximum Gasteiger partial charge on any atom is 0.338 e. The molecule has 1 aliphatic heterocycles. The molecule has 0 saturated carbocycles. The largest absolute Gasteiger partial charge is 0.452 e. The zero-order chi connectivity index (χ0) is 17.2. The van der Waals surface area contributed by atoms with Gasteiger partial charge >= 0.3 is 5.97 Å². The van der Waals surface area contributed by atoms with Crippen LogP contribution in [-0.4, -0.2) is 44.3 Å². The molecule has 0 aliphatic carbocycles. The van der Waals surface area contributed by atoms with E-state index in [-0.39, 0.29) is 22.9 Å². The normalized spacial score (nSPS) is 14.9. The summed E-state index contributed by atoms with van der Waals surface area (Å²) >= 11 is 5.71. The Morgan fingerprint density at radius 3 is 2.61 bits per heavy atom. The summed E-state index contributed by atoms with van der Waals surface area (Å²) < 4.78 is 27.5. The second-order valence-corrected chi connectivity index (χ2v) is 6.75. The number of esters is 1. The molecular formula is C13H13ClN2O6S. The number of imide groups is 1. The van der Waals surface area contributed by atoms with Gasteiger partial charge in [-0.1, -0.05) is 11.6 Å². The Bertz CT molecular complexity index is 777. The molecule has 0 aromatic heterocycles. The Labute approximate surface area is 137 Å². The lowest BCUT2D eigenvalue weighted by Crippen LogP contribution is -2.35. The SMILES string of the molecule is NS(=O)(=O)c1cc(C(=O)OCC(=O)N2CCCC2=O)ccc1Cl. The second-order valence-electron chi connectivity index (χ2n) is 4.81. The molecule has 1 saturated heterocycles. The van der Waals surface area contributed by atoms with E-state index in [1.165, 1.54) is 12.1 Å². The van der Waals surface area contributed by atoms with Gasteiger partial charge in [0.05, 0.1) is 10.6 Å². The number of carbonyl (C=O) groups is 3. The second kappa shape index (κ2) is 6.65. The number of sulfonamides is 1. The molecule has 0 unspecified atom stereocenters. The first kappa shape index (κ1) is 17.4. The zero-order valence-electron chi connectivity index (χ0n) is 11.8. The Morgan fingerprint density at radius 1 is 1.35 bits per heavy atom. The number of primary sulfonamides is 1. The zero-order valence-corrected chi connectivity index (χ0v) is 13.4. The van der Waals surface area contributed by atoms with Crippen LogP contribution in [-0.2, 0) is 24.3 Å². The summed E-state index contributed by atoms with van der Waals surface area (Å²) in [6, 6.07) is 3.39. The van der Waals surface area contributed by atoms with Crippen molar-refractivity contribution in [3.63, 3.8) is 0 Å². The van der Waals surface area contributed by atoms with E-state index in [4.69, 9.17) is 21.5 Å². The van der Waals surface area contributed by atoms with Crippen LogP contribution in [0.2, 0.25) is 5.02 Å². The number of hydrogen-bond acceptors (Lipinski definition) is 6. The maximum absolute atomic E-state index is 11.9. The van der Waals surface area contributed by atoms with Gasteiger partial charge in [-0.15, -0.1) is 0 Å². The first-order valence-electron chi connectivity index (χ1n) is 6.53. The Hall–Kier alpha value is -1.97. The molecule has 10 heteroatoms. The third kappa shape index (κ3) is 4.06. The van der Waals surface area contributed by atoms with Crippen LogP contribution < -0.4 is 5.14 Å². The molecule has 2 N–H and O–H groups in total. The van der Waals surface area contributed by atoms with E-state index in [9.17, 15) is 22.8 Å². The van der Waals surface area contributed by atoms with Gasteiger partial charge in [-0.25, -0.2) is 18.4 Å². The lowest BCUT2D eigenvalue weighted by molar-refractivity contribution is -0.143. The average Bonchev–Trinajstić information content (AvgIpc) is 2.90. The third-order valence-corrected chi connectivity index (χ3v) is 4.57. The molecule has 1 fully saturated rings. The van der Waals surface area contributed by atoms with Crippen LogP contribution in [0, 0.1) is 0 Å². The summed E-state index contributed by atoms with van der Waals surface area (Å²) in [5, 5.41) is 4.85. The summed E-state index contributed by atoms with van der Waals surface area (Å²) in [6.45, 7) is -0.316. The quantitative estimate of drug-likeness (QED) is 0.770. The highest BCUT2D eigenvalue weighted by molar-refractivity contribution is 7.89. The number of likely N-dealkylation sites (tertiary alicyclic amines) is 1. The molecule has 2 amide bonds. The number of carbonyl (C=O) groups excluding carboxylic acids is 3. The summed E-state index contributed by atoms with van der Waals surface area (Å²) in [5.41, 5.74) is -0.126. The molecule has 0 radical (unpaired) electrons. The maximum atomic E-state index is 11.9. The lowest BCUT2D eigenvalue weighted by Gasteiger charge is -2.13. The first-order chi connectivity index (χ1) is 10.7. The molecule has 1 aliphatic rings. The predicted molar refractivity (Wildman–Crippen MR) is 79.1 cm³/mol. The molecule has 1 aromatic carbocycles. The Balaban J connectivity index is 2.07. The predicted octanol–water partition coefficient (Wildman–Crippen LogP) is 0.293. The van der Waals surface area contributed by atoms with Gasteiger partial charge in [-0.3, -0.25) is 14.5 Å². The number of nitrogens with two attached hydrogens (primary N) is 1. The molecule has 1 heterocycles. The number of hydrogen-bond donors (Lipinski definition) is 1. The van der Waals surface area contributed by atoms with Gasteiger partial charge in [0.1, 0.15) is 4.90 Å². The third-order valence-electron chi connectivity index (χ3n) is 3.17. The van der Waals surface area contributed by atoms with Crippen LogP contribution >= 0.6 is 11.6 Å². The van der Waals surface area contributed by atoms with Crippen molar-refractivity contribution >= 4 is 39.4 Å². The number of ether oxygens (including phenoxy) is 1. The monoisotopic (exact) mass is 360 g/mol. The van der Waals surface area contributed by atoms with Crippen molar-refractivity contribution < 1.29 is 27.5 Å². The topological polar surface area (TPSA) is 124 Å². The number of halogens is 1. The van der Waals surface area contributed by atoms with Crippen molar-refractivity contribution in [1.29, 1.82) is 0 Å². The van der Waals surface area contributed by atoms with E-state index in [0.717, 1.165) is 11.0 Å². The average molecular weight is 361 g/mol. The highest BCUT2D eigenvalue weighted by Crippen LogP contribution is 2.22. The van der Waals surface area contributed by atoms with Gasteiger partial charge in [-0.2, -0.15) is 0 Å². The van der Waals surface area contributed by atoms with Crippen molar-refractivity contribution in [2.24, 2.45) is 5.14 Å². The fourth-order valence-electron chi connectivity index (χ4n) is 2.05. The van der Waals surface area contributed by atoms with Gasteiger partial charge in [0.15, 0.2) is 6.61 Å². The summed E-state index contributed by atoms with van der Waals surface area (Å²) in [6.07, 6.45) is 0.863. The molecule has 0 bridgehead atoms. The van der Waals surface area contributed by atoms with Gasteiger partial charge in [-0.05, 0) is 24.6 Å². The van der Waals surface area contributed by atoms with E-state index in [1.54, 1.807) is 0 Å². The number of rotatable bonds is 4. The van der Waals surface area contributed by atoms with Gasteiger partial charge < -0.3 is 4.74 Å². The fourth-order valence-corrected chi connectivity index (χ4v) is 3.12. The van der Waals surface area contributed by atoms with Gasteiger partial charge in [0.25, 0.3) is 5.91 Å². The number of amides is 2. The minimum atomic E-state index is -4.10. The fraction of sp³-hybridized carbons (Fsp3) is 0.308. The minimum absolute atomic E-state index is 0.126. The van der Waals surface area contributed by atoms with Crippen LogP contribution in [0.15, 0.2) is 23.1 Å². The molecule has 124 valence electrons. The van der Waals surface area contributed by atoms with Crippen molar-refractivity contribution in [3.05, 3.63) is 28.8 Å². The minimum Gasteiger partial charge on any atom is -0.452 e. The summed E-state index contributed by atoms with van der Waals surface area (Å²) in [5.74, 6) is -1.86. The van der Waals surface area contributed by atoms with Gasteiger partial charge in [0, 0.05) is 13.0 Å². The van der Waals surface area contributed by atoms with Crippen molar-refractivity contribution in [2.75, 3.05) is 13.2 Å².